The van der Waals surface area contributed by atoms with Crippen molar-refractivity contribution < 1.29 is 9.84 Å². The zero-order valence-electron chi connectivity index (χ0n) is 8.09. The molecule has 0 amide bonds. The van der Waals surface area contributed by atoms with E-state index in [0.717, 1.165) is 6.61 Å². The minimum Gasteiger partial charge on any atom is -0.396 e. The second-order valence-corrected chi connectivity index (χ2v) is 5.08. The van der Waals surface area contributed by atoms with Crippen molar-refractivity contribution in [2.45, 2.75) is 44.1 Å². The highest BCUT2D eigenvalue weighted by atomic mass is 16.5. The summed E-state index contributed by atoms with van der Waals surface area (Å²) in [6, 6.07) is 0. The monoisotopic (exact) mass is 182 g/mol. The predicted molar refractivity (Wildman–Crippen MR) is 49.4 cm³/mol. The third-order valence-electron chi connectivity index (χ3n) is 4.64. The summed E-state index contributed by atoms with van der Waals surface area (Å²) in [6.07, 6.45) is 7.58. The summed E-state index contributed by atoms with van der Waals surface area (Å²) in [5.74, 6) is 0.690. The Morgan fingerprint density at radius 3 is 2.62 bits per heavy atom. The van der Waals surface area contributed by atoms with E-state index in [9.17, 15) is 5.11 Å². The molecule has 1 heterocycles. The summed E-state index contributed by atoms with van der Waals surface area (Å²) in [6.45, 7) is 1.28. The van der Waals surface area contributed by atoms with Gasteiger partial charge in [0, 0.05) is 5.41 Å². The molecule has 2 saturated carbocycles. The minimum atomic E-state index is 0.102. The van der Waals surface area contributed by atoms with Crippen LogP contribution in [0.2, 0.25) is 0 Å². The van der Waals surface area contributed by atoms with E-state index in [0.29, 0.717) is 12.5 Å². The maximum absolute atomic E-state index is 9.50. The van der Waals surface area contributed by atoms with Gasteiger partial charge in [0.2, 0.25) is 0 Å². The number of hydrogen-bond donors (Lipinski definition) is 1. The fourth-order valence-electron chi connectivity index (χ4n) is 3.66. The van der Waals surface area contributed by atoms with Crippen LogP contribution >= 0.6 is 0 Å². The molecule has 0 bridgehead atoms. The molecule has 2 aliphatic carbocycles. The van der Waals surface area contributed by atoms with Crippen molar-refractivity contribution in [1.82, 2.24) is 0 Å². The SMILES string of the molecule is OCC12CC1COC21CCCCC1. The van der Waals surface area contributed by atoms with Crippen molar-refractivity contribution >= 4 is 0 Å². The molecule has 2 unspecified atom stereocenters. The van der Waals surface area contributed by atoms with Gasteiger partial charge in [-0.15, -0.1) is 0 Å². The Morgan fingerprint density at radius 1 is 1.23 bits per heavy atom. The average molecular weight is 182 g/mol. The number of rotatable bonds is 1. The summed E-state index contributed by atoms with van der Waals surface area (Å²) >= 11 is 0. The molecule has 13 heavy (non-hydrogen) atoms. The third kappa shape index (κ3) is 0.861. The highest BCUT2D eigenvalue weighted by molar-refractivity contribution is 5.19. The number of fused-ring (bicyclic) bond motifs is 2. The van der Waals surface area contributed by atoms with Crippen molar-refractivity contribution in [3.63, 3.8) is 0 Å². The first-order chi connectivity index (χ1) is 6.33. The van der Waals surface area contributed by atoms with Crippen LogP contribution in [0.25, 0.3) is 0 Å². The quantitative estimate of drug-likeness (QED) is 0.669. The second kappa shape index (κ2) is 2.48. The summed E-state index contributed by atoms with van der Waals surface area (Å²) in [7, 11) is 0. The van der Waals surface area contributed by atoms with Crippen molar-refractivity contribution in [3.05, 3.63) is 0 Å². The molecular formula is C11H18O2. The van der Waals surface area contributed by atoms with Crippen LogP contribution in [0.3, 0.4) is 0 Å². The molecule has 0 aromatic carbocycles. The maximum atomic E-state index is 9.50. The van der Waals surface area contributed by atoms with Crippen LogP contribution in [0.5, 0.6) is 0 Å². The summed E-state index contributed by atoms with van der Waals surface area (Å²) in [4.78, 5) is 0. The first-order valence-corrected chi connectivity index (χ1v) is 5.58. The van der Waals surface area contributed by atoms with E-state index in [1.54, 1.807) is 0 Å². The van der Waals surface area contributed by atoms with Gasteiger partial charge in [0.1, 0.15) is 0 Å². The van der Waals surface area contributed by atoms with E-state index in [1.165, 1.54) is 38.5 Å². The minimum absolute atomic E-state index is 0.102. The lowest BCUT2D eigenvalue weighted by Crippen LogP contribution is -2.43. The van der Waals surface area contributed by atoms with Crippen LogP contribution < -0.4 is 0 Å². The Balaban J connectivity index is 1.88. The van der Waals surface area contributed by atoms with Gasteiger partial charge in [-0.05, 0) is 25.2 Å². The van der Waals surface area contributed by atoms with Crippen molar-refractivity contribution in [2.75, 3.05) is 13.2 Å². The largest absolute Gasteiger partial charge is 0.396 e. The van der Waals surface area contributed by atoms with Gasteiger partial charge in [-0.2, -0.15) is 0 Å². The van der Waals surface area contributed by atoms with Crippen molar-refractivity contribution in [2.24, 2.45) is 11.3 Å². The highest BCUT2D eigenvalue weighted by Gasteiger charge is 2.71. The molecule has 0 aromatic rings. The van der Waals surface area contributed by atoms with Crippen LogP contribution in [0.1, 0.15) is 38.5 Å². The lowest BCUT2D eigenvalue weighted by atomic mass is 9.73. The molecule has 2 nitrogen and oxygen atoms in total. The van der Waals surface area contributed by atoms with Gasteiger partial charge in [0.25, 0.3) is 0 Å². The number of aliphatic hydroxyl groups is 1. The highest BCUT2D eigenvalue weighted by Crippen LogP contribution is 2.68. The predicted octanol–water partition coefficient (Wildman–Crippen LogP) is 1.72. The average Bonchev–Trinajstić information content (AvgIpc) is 2.86. The van der Waals surface area contributed by atoms with E-state index in [-0.39, 0.29) is 11.0 Å². The third-order valence-corrected chi connectivity index (χ3v) is 4.64. The fourth-order valence-corrected chi connectivity index (χ4v) is 3.66. The van der Waals surface area contributed by atoms with Gasteiger partial charge in [0.05, 0.1) is 18.8 Å². The lowest BCUT2D eigenvalue weighted by molar-refractivity contribution is -0.0916. The van der Waals surface area contributed by atoms with E-state index in [1.807, 2.05) is 0 Å². The Kier molecular flexibility index (Phi) is 1.58. The van der Waals surface area contributed by atoms with Gasteiger partial charge < -0.3 is 9.84 Å². The maximum Gasteiger partial charge on any atom is 0.0764 e. The van der Waals surface area contributed by atoms with Crippen molar-refractivity contribution in [1.29, 1.82) is 0 Å². The molecule has 0 radical (unpaired) electrons. The van der Waals surface area contributed by atoms with Crippen LogP contribution in [0.15, 0.2) is 0 Å². The van der Waals surface area contributed by atoms with Crippen LogP contribution in [0.4, 0.5) is 0 Å². The molecule has 1 N–H and O–H groups in total. The molecule has 1 aliphatic heterocycles. The fraction of sp³-hybridized carbons (Fsp3) is 1.00. The molecular weight excluding hydrogens is 164 g/mol. The standard InChI is InChI=1S/C11H18O2/c12-8-10-6-9(10)7-13-11(10)4-2-1-3-5-11/h9,12H,1-8H2. The molecule has 3 rings (SSSR count). The summed E-state index contributed by atoms with van der Waals surface area (Å²) in [5, 5.41) is 9.50. The number of hydrogen-bond acceptors (Lipinski definition) is 2. The van der Waals surface area contributed by atoms with Gasteiger partial charge in [0.15, 0.2) is 0 Å². The molecule has 1 spiro atoms. The molecule has 0 aromatic heterocycles. The smallest absolute Gasteiger partial charge is 0.0764 e. The Hall–Kier alpha value is -0.0800. The summed E-state index contributed by atoms with van der Waals surface area (Å²) in [5.41, 5.74) is 0.304. The first kappa shape index (κ1) is 8.25. The van der Waals surface area contributed by atoms with Crippen LogP contribution in [0, 0.1) is 11.3 Å². The number of aliphatic hydroxyl groups excluding tert-OH is 1. The summed E-state index contributed by atoms with van der Waals surface area (Å²) < 4.78 is 5.98. The van der Waals surface area contributed by atoms with E-state index in [4.69, 9.17) is 4.74 Å². The van der Waals surface area contributed by atoms with Gasteiger partial charge >= 0.3 is 0 Å². The van der Waals surface area contributed by atoms with Gasteiger partial charge in [-0.1, -0.05) is 19.3 Å². The molecule has 1 saturated heterocycles. The van der Waals surface area contributed by atoms with Gasteiger partial charge in [-0.3, -0.25) is 0 Å². The Bertz CT molecular complexity index is 216. The normalized spacial score (nSPS) is 46.4. The zero-order valence-corrected chi connectivity index (χ0v) is 8.09. The Labute approximate surface area is 79.3 Å². The van der Waals surface area contributed by atoms with Crippen molar-refractivity contribution in [3.8, 4) is 0 Å². The molecule has 3 aliphatic rings. The van der Waals surface area contributed by atoms with Gasteiger partial charge in [-0.25, -0.2) is 0 Å². The van der Waals surface area contributed by atoms with E-state index < -0.39 is 0 Å². The second-order valence-electron chi connectivity index (χ2n) is 5.08. The molecule has 2 atom stereocenters. The zero-order chi connectivity index (χ0) is 8.94. The molecule has 74 valence electrons. The molecule has 2 heteroatoms. The lowest BCUT2D eigenvalue weighted by Gasteiger charge is -2.40. The Morgan fingerprint density at radius 2 is 2.00 bits per heavy atom. The first-order valence-electron chi connectivity index (χ1n) is 5.58. The van der Waals surface area contributed by atoms with E-state index in [2.05, 4.69) is 0 Å². The number of ether oxygens (including phenoxy) is 1. The van der Waals surface area contributed by atoms with Crippen LogP contribution in [-0.2, 0) is 4.74 Å². The topological polar surface area (TPSA) is 29.5 Å². The van der Waals surface area contributed by atoms with Crippen LogP contribution in [-0.4, -0.2) is 23.9 Å². The van der Waals surface area contributed by atoms with E-state index >= 15 is 0 Å². The molecule has 3 fully saturated rings.